The lowest BCUT2D eigenvalue weighted by molar-refractivity contribution is 0.799. The molecule has 3 nitrogen and oxygen atoms in total. The van der Waals surface area contributed by atoms with Crippen LogP contribution in [-0.2, 0) is 6.54 Å². The zero-order chi connectivity index (χ0) is 10.3. The number of fused-ring (bicyclic) bond motifs is 1. The molecule has 0 fully saturated rings. The molecule has 0 unspecified atom stereocenters. The first-order valence-corrected chi connectivity index (χ1v) is 5.69. The smallest absolute Gasteiger partial charge is 0.134 e. The molecular weight excluding hydrogens is 254 g/mol. The number of imidazole rings is 1. The topological polar surface area (TPSA) is 29.9 Å². The highest BCUT2D eigenvalue weighted by atomic mass is 79.9. The van der Waals surface area contributed by atoms with Gasteiger partial charge in [0.2, 0.25) is 0 Å². The maximum Gasteiger partial charge on any atom is 0.134 e. The minimum Gasteiger partial charge on any atom is -0.368 e. The van der Waals surface area contributed by atoms with Crippen molar-refractivity contribution in [2.75, 3.05) is 11.9 Å². The predicted octanol–water partition coefficient (Wildman–Crippen LogP) is 2.74. The fraction of sp³-hybridized carbons (Fsp3) is 0.182. The van der Waals surface area contributed by atoms with Gasteiger partial charge in [-0.05, 0) is 12.1 Å². The second-order valence-electron chi connectivity index (χ2n) is 3.57. The van der Waals surface area contributed by atoms with Crippen LogP contribution in [0.15, 0.2) is 35.1 Å². The van der Waals surface area contributed by atoms with Crippen LogP contribution in [0.2, 0.25) is 0 Å². The molecule has 0 atom stereocenters. The first-order chi connectivity index (χ1) is 7.34. The maximum atomic E-state index is 4.43. The van der Waals surface area contributed by atoms with Crippen molar-refractivity contribution >= 4 is 21.7 Å². The van der Waals surface area contributed by atoms with E-state index in [0.717, 1.165) is 34.6 Å². The second kappa shape index (κ2) is 3.38. The SMILES string of the molecule is Brc1cccc(-c2ncn3c2NCC3)c1. The van der Waals surface area contributed by atoms with Gasteiger partial charge in [-0.2, -0.15) is 0 Å². The Morgan fingerprint density at radius 2 is 2.33 bits per heavy atom. The highest BCUT2D eigenvalue weighted by Crippen LogP contribution is 2.30. The van der Waals surface area contributed by atoms with Gasteiger partial charge < -0.3 is 9.88 Å². The quantitative estimate of drug-likeness (QED) is 0.858. The van der Waals surface area contributed by atoms with Crippen molar-refractivity contribution in [3.8, 4) is 11.3 Å². The molecule has 1 aliphatic rings. The van der Waals surface area contributed by atoms with E-state index in [1.165, 1.54) is 0 Å². The molecule has 15 heavy (non-hydrogen) atoms. The van der Waals surface area contributed by atoms with E-state index >= 15 is 0 Å². The first-order valence-electron chi connectivity index (χ1n) is 4.89. The molecule has 76 valence electrons. The van der Waals surface area contributed by atoms with Crippen molar-refractivity contribution in [3.63, 3.8) is 0 Å². The molecule has 2 aromatic rings. The van der Waals surface area contributed by atoms with Crippen molar-refractivity contribution in [2.24, 2.45) is 0 Å². The van der Waals surface area contributed by atoms with Crippen molar-refractivity contribution in [2.45, 2.75) is 6.54 Å². The molecular formula is C11H10BrN3. The summed E-state index contributed by atoms with van der Waals surface area (Å²) < 4.78 is 3.23. The normalized spacial score (nSPS) is 13.7. The second-order valence-corrected chi connectivity index (χ2v) is 4.49. The van der Waals surface area contributed by atoms with Crippen LogP contribution in [0.5, 0.6) is 0 Å². The molecule has 0 amide bonds. The van der Waals surface area contributed by atoms with Gasteiger partial charge in [-0.15, -0.1) is 0 Å². The number of hydrogen-bond donors (Lipinski definition) is 1. The van der Waals surface area contributed by atoms with Crippen LogP contribution in [0.1, 0.15) is 0 Å². The molecule has 0 aliphatic carbocycles. The standard InChI is InChI=1S/C11H10BrN3/c12-9-3-1-2-8(6-9)10-11-13-4-5-15(11)7-14-10/h1-3,6-7,13H,4-5H2. The van der Waals surface area contributed by atoms with Gasteiger partial charge in [0.1, 0.15) is 11.5 Å². The van der Waals surface area contributed by atoms with Crippen LogP contribution in [-0.4, -0.2) is 16.1 Å². The highest BCUT2D eigenvalue weighted by Gasteiger charge is 2.16. The summed E-state index contributed by atoms with van der Waals surface area (Å²) in [6, 6.07) is 8.21. The van der Waals surface area contributed by atoms with Gasteiger partial charge >= 0.3 is 0 Å². The largest absolute Gasteiger partial charge is 0.368 e. The summed E-state index contributed by atoms with van der Waals surface area (Å²) >= 11 is 3.47. The molecule has 1 aromatic heterocycles. The lowest BCUT2D eigenvalue weighted by Gasteiger charge is -2.01. The minimum atomic E-state index is 0.999. The molecule has 2 heterocycles. The lowest BCUT2D eigenvalue weighted by Crippen LogP contribution is -1.94. The fourth-order valence-electron chi connectivity index (χ4n) is 1.88. The molecule has 1 N–H and O–H groups in total. The summed E-state index contributed by atoms with van der Waals surface area (Å²) in [4.78, 5) is 4.43. The van der Waals surface area contributed by atoms with Gasteiger partial charge in [0, 0.05) is 23.1 Å². The van der Waals surface area contributed by atoms with E-state index in [1.54, 1.807) is 0 Å². The first kappa shape index (κ1) is 8.97. The zero-order valence-electron chi connectivity index (χ0n) is 8.07. The Labute approximate surface area is 96.3 Å². The van der Waals surface area contributed by atoms with Crippen molar-refractivity contribution in [1.29, 1.82) is 0 Å². The number of nitrogens with one attached hydrogen (secondary N) is 1. The molecule has 0 spiro atoms. The monoisotopic (exact) mass is 263 g/mol. The summed E-state index contributed by atoms with van der Waals surface area (Å²) in [6.45, 7) is 2.01. The Kier molecular flexibility index (Phi) is 2.02. The third-order valence-corrected chi connectivity index (χ3v) is 3.07. The van der Waals surface area contributed by atoms with E-state index in [-0.39, 0.29) is 0 Å². The van der Waals surface area contributed by atoms with Crippen LogP contribution < -0.4 is 5.32 Å². The average Bonchev–Trinajstić information content (AvgIpc) is 2.77. The summed E-state index contributed by atoms with van der Waals surface area (Å²) in [6.07, 6.45) is 1.89. The molecule has 0 saturated heterocycles. The number of anilines is 1. The van der Waals surface area contributed by atoms with Gasteiger partial charge in [0.25, 0.3) is 0 Å². The Bertz CT molecular complexity index is 504. The third kappa shape index (κ3) is 1.45. The Morgan fingerprint density at radius 3 is 3.20 bits per heavy atom. The zero-order valence-corrected chi connectivity index (χ0v) is 9.66. The molecule has 3 rings (SSSR count). The van der Waals surface area contributed by atoms with Crippen molar-refractivity contribution < 1.29 is 0 Å². The third-order valence-electron chi connectivity index (χ3n) is 2.58. The van der Waals surface area contributed by atoms with E-state index in [4.69, 9.17) is 0 Å². The molecule has 1 aliphatic heterocycles. The van der Waals surface area contributed by atoms with E-state index in [2.05, 4.69) is 42.9 Å². The van der Waals surface area contributed by atoms with Gasteiger partial charge in [-0.1, -0.05) is 28.1 Å². The number of benzene rings is 1. The van der Waals surface area contributed by atoms with Crippen LogP contribution >= 0.6 is 15.9 Å². The highest BCUT2D eigenvalue weighted by molar-refractivity contribution is 9.10. The maximum absolute atomic E-state index is 4.43. The summed E-state index contributed by atoms with van der Waals surface area (Å²) in [5.41, 5.74) is 2.18. The predicted molar refractivity (Wildman–Crippen MR) is 63.9 cm³/mol. The summed E-state index contributed by atoms with van der Waals surface area (Å²) in [7, 11) is 0. The molecule has 1 aromatic carbocycles. The lowest BCUT2D eigenvalue weighted by atomic mass is 10.1. The van der Waals surface area contributed by atoms with E-state index in [9.17, 15) is 0 Å². The molecule has 0 radical (unpaired) electrons. The number of halogens is 1. The van der Waals surface area contributed by atoms with Crippen LogP contribution in [0.4, 0.5) is 5.82 Å². The van der Waals surface area contributed by atoms with Gasteiger partial charge in [0.05, 0.1) is 6.33 Å². The minimum absolute atomic E-state index is 0.999. The van der Waals surface area contributed by atoms with E-state index in [1.807, 2.05) is 18.5 Å². The van der Waals surface area contributed by atoms with E-state index in [0.29, 0.717) is 0 Å². The van der Waals surface area contributed by atoms with Crippen molar-refractivity contribution in [1.82, 2.24) is 9.55 Å². The number of hydrogen-bond acceptors (Lipinski definition) is 2. The fourth-order valence-corrected chi connectivity index (χ4v) is 2.28. The summed E-state index contributed by atoms with van der Waals surface area (Å²) in [5, 5.41) is 3.35. The van der Waals surface area contributed by atoms with Crippen LogP contribution in [0, 0.1) is 0 Å². The number of nitrogens with zero attached hydrogens (tertiary/aromatic N) is 2. The number of rotatable bonds is 1. The Morgan fingerprint density at radius 1 is 1.40 bits per heavy atom. The van der Waals surface area contributed by atoms with Gasteiger partial charge in [-0.3, -0.25) is 0 Å². The van der Waals surface area contributed by atoms with E-state index < -0.39 is 0 Å². The molecule has 0 saturated carbocycles. The van der Waals surface area contributed by atoms with Crippen LogP contribution in [0.3, 0.4) is 0 Å². The Hall–Kier alpha value is -1.29. The Balaban J connectivity index is 2.13. The summed E-state index contributed by atoms with van der Waals surface area (Å²) in [5.74, 6) is 1.13. The van der Waals surface area contributed by atoms with Gasteiger partial charge in [0.15, 0.2) is 0 Å². The van der Waals surface area contributed by atoms with Crippen molar-refractivity contribution in [3.05, 3.63) is 35.1 Å². The number of aromatic nitrogens is 2. The molecule has 0 bridgehead atoms. The van der Waals surface area contributed by atoms with Crippen LogP contribution in [0.25, 0.3) is 11.3 Å². The molecule has 4 heteroatoms. The van der Waals surface area contributed by atoms with Gasteiger partial charge in [-0.25, -0.2) is 4.98 Å². The average molecular weight is 264 g/mol.